The molecule has 1 aromatic carbocycles. The van der Waals surface area contributed by atoms with Gasteiger partial charge in [-0.2, -0.15) is 0 Å². The second-order valence-electron chi connectivity index (χ2n) is 5.06. The molecule has 7 nitrogen and oxygen atoms in total. The standard InChI is InChI=1S/C14H21NO6/c1-7-3-4-9(8(5-7)15-2)20-14-13(19)12(18)11(17)10(6-16)21-14/h3-5,10-19H,6H2,1-2H3. The highest BCUT2D eigenvalue weighted by atomic mass is 16.7. The van der Waals surface area contributed by atoms with Crippen LogP contribution in [0.4, 0.5) is 5.69 Å². The Labute approximate surface area is 122 Å². The number of anilines is 1. The molecule has 1 heterocycles. The van der Waals surface area contributed by atoms with Gasteiger partial charge in [-0.1, -0.05) is 6.07 Å². The monoisotopic (exact) mass is 299 g/mol. The van der Waals surface area contributed by atoms with Crippen LogP contribution in [0.2, 0.25) is 0 Å². The molecule has 5 atom stereocenters. The topological polar surface area (TPSA) is 111 Å². The van der Waals surface area contributed by atoms with E-state index in [2.05, 4.69) is 5.32 Å². The smallest absolute Gasteiger partial charge is 0.229 e. The van der Waals surface area contributed by atoms with Gasteiger partial charge in [0.25, 0.3) is 0 Å². The molecule has 0 bridgehead atoms. The van der Waals surface area contributed by atoms with E-state index < -0.39 is 37.3 Å². The van der Waals surface area contributed by atoms with Crippen LogP contribution in [0.25, 0.3) is 0 Å². The van der Waals surface area contributed by atoms with Gasteiger partial charge in [-0.3, -0.25) is 0 Å². The molecule has 0 aromatic heterocycles. The fourth-order valence-corrected chi connectivity index (χ4v) is 2.23. The fraction of sp³-hybridized carbons (Fsp3) is 0.571. The van der Waals surface area contributed by atoms with Crippen molar-refractivity contribution in [2.24, 2.45) is 0 Å². The Morgan fingerprint density at radius 3 is 2.52 bits per heavy atom. The first-order chi connectivity index (χ1) is 9.97. The number of benzene rings is 1. The van der Waals surface area contributed by atoms with Gasteiger partial charge in [0, 0.05) is 7.05 Å². The zero-order chi connectivity index (χ0) is 15.6. The van der Waals surface area contributed by atoms with Crippen LogP contribution in [0, 0.1) is 6.92 Å². The van der Waals surface area contributed by atoms with Gasteiger partial charge in [0.05, 0.1) is 12.3 Å². The summed E-state index contributed by atoms with van der Waals surface area (Å²) < 4.78 is 10.9. The molecule has 1 aromatic rings. The average Bonchev–Trinajstić information content (AvgIpc) is 2.49. The quantitative estimate of drug-likeness (QED) is 0.495. The van der Waals surface area contributed by atoms with Crippen LogP contribution in [0.5, 0.6) is 5.75 Å². The highest BCUT2D eigenvalue weighted by Crippen LogP contribution is 2.29. The van der Waals surface area contributed by atoms with Crippen molar-refractivity contribution in [2.45, 2.75) is 37.6 Å². The first-order valence-corrected chi connectivity index (χ1v) is 6.73. The van der Waals surface area contributed by atoms with Crippen LogP contribution in [-0.2, 0) is 4.74 Å². The Morgan fingerprint density at radius 1 is 1.19 bits per heavy atom. The molecule has 0 radical (unpaired) electrons. The zero-order valence-corrected chi connectivity index (χ0v) is 11.9. The molecule has 1 aliphatic heterocycles. The lowest BCUT2D eigenvalue weighted by molar-refractivity contribution is -0.277. The Morgan fingerprint density at radius 2 is 1.90 bits per heavy atom. The third-order valence-corrected chi connectivity index (χ3v) is 3.50. The second kappa shape index (κ2) is 6.59. The minimum atomic E-state index is -1.45. The van der Waals surface area contributed by atoms with Gasteiger partial charge in [-0.25, -0.2) is 0 Å². The second-order valence-corrected chi connectivity index (χ2v) is 5.06. The number of rotatable bonds is 4. The van der Waals surface area contributed by atoms with E-state index in [0.29, 0.717) is 11.4 Å². The Bertz CT molecular complexity index is 481. The highest BCUT2D eigenvalue weighted by Gasteiger charge is 2.44. The van der Waals surface area contributed by atoms with E-state index >= 15 is 0 Å². The summed E-state index contributed by atoms with van der Waals surface area (Å²) in [5, 5.41) is 41.5. The van der Waals surface area contributed by atoms with E-state index in [1.807, 2.05) is 19.1 Å². The van der Waals surface area contributed by atoms with Gasteiger partial charge in [-0.15, -0.1) is 0 Å². The zero-order valence-electron chi connectivity index (χ0n) is 11.9. The summed E-state index contributed by atoms with van der Waals surface area (Å²) in [5.74, 6) is 0.437. The lowest BCUT2D eigenvalue weighted by Crippen LogP contribution is -2.60. The molecule has 5 unspecified atom stereocenters. The lowest BCUT2D eigenvalue weighted by atomic mass is 9.99. The van der Waals surface area contributed by atoms with Crippen molar-refractivity contribution in [2.75, 3.05) is 19.0 Å². The summed E-state index contributed by atoms with van der Waals surface area (Å²) in [7, 11) is 1.73. The van der Waals surface area contributed by atoms with Crippen molar-refractivity contribution in [3.05, 3.63) is 23.8 Å². The average molecular weight is 299 g/mol. The highest BCUT2D eigenvalue weighted by molar-refractivity contribution is 5.57. The molecule has 1 saturated heterocycles. The van der Waals surface area contributed by atoms with Crippen LogP contribution in [0.1, 0.15) is 5.56 Å². The molecule has 0 saturated carbocycles. The third-order valence-electron chi connectivity index (χ3n) is 3.50. The minimum absolute atomic E-state index is 0.437. The molecular formula is C14H21NO6. The van der Waals surface area contributed by atoms with Crippen molar-refractivity contribution in [1.82, 2.24) is 0 Å². The summed E-state index contributed by atoms with van der Waals surface area (Å²) in [5.41, 5.74) is 1.73. The summed E-state index contributed by atoms with van der Waals surface area (Å²) in [4.78, 5) is 0. The summed E-state index contributed by atoms with van der Waals surface area (Å²) in [6, 6.07) is 5.40. The number of nitrogens with one attached hydrogen (secondary N) is 1. The van der Waals surface area contributed by atoms with Gasteiger partial charge in [0.2, 0.25) is 6.29 Å². The molecule has 21 heavy (non-hydrogen) atoms. The molecule has 0 spiro atoms. The van der Waals surface area contributed by atoms with Gasteiger partial charge < -0.3 is 35.2 Å². The van der Waals surface area contributed by atoms with Gasteiger partial charge >= 0.3 is 0 Å². The van der Waals surface area contributed by atoms with Gasteiger partial charge in [0.1, 0.15) is 30.2 Å². The Balaban J connectivity index is 2.18. The predicted octanol–water partition coefficient (Wildman–Crippen LogP) is -0.785. The molecule has 0 aliphatic carbocycles. The van der Waals surface area contributed by atoms with Gasteiger partial charge in [0.15, 0.2) is 0 Å². The first-order valence-electron chi connectivity index (χ1n) is 6.73. The van der Waals surface area contributed by atoms with E-state index in [1.54, 1.807) is 13.1 Å². The van der Waals surface area contributed by atoms with Crippen molar-refractivity contribution in [3.8, 4) is 5.75 Å². The molecule has 1 fully saturated rings. The van der Waals surface area contributed by atoms with E-state index in [-0.39, 0.29) is 0 Å². The van der Waals surface area contributed by atoms with E-state index in [0.717, 1.165) is 5.56 Å². The van der Waals surface area contributed by atoms with Crippen molar-refractivity contribution in [3.63, 3.8) is 0 Å². The first kappa shape index (κ1) is 16.0. The molecule has 2 rings (SSSR count). The van der Waals surface area contributed by atoms with Crippen molar-refractivity contribution in [1.29, 1.82) is 0 Å². The molecular weight excluding hydrogens is 278 g/mol. The number of aliphatic hydroxyl groups is 4. The molecule has 118 valence electrons. The Hall–Kier alpha value is -1.38. The normalized spacial score (nSPS) is 32.8. The van der Waals surface area contributed by atoms with Crippen molar-refractivity contribution < 1.29 is 29.9 Å². The van der Waals surface area contributed by atoms with Gasteiger partial charge in [-0.05, 0) is 24.6 Å². The third kappa shape index (κ3) is 3.28. The Kier molecular flexibility index (Phi) is 5.02. The largest absolute Gasteiger partial charge is 0.460 e. The van der Waals surface area contributed by atoms with Crippen LogP contribution in [0.15, 0.2) is 18.2 Å². The van der Waals surface area contributed by atoms with E-state index in [1.165, 1.54) is 0 Å². The summed E-state index contributed by atoms with van der Waals surface area (Å²) >= 11 is 0. The maximum absolute atomic E-state index is 9.94. The van der Waals surface area contributed by atoms with Crippen LogP contribution >= 0.6 is 0 Å². The van der Waals surface area contributed by atoms with Crippen LogP contribution in [-0.4, -0.2) is 64.8 Å². The van der Waals surface area contributed by atoms with Crippen molar-refractivity contribution >= 4 is 5.69 Å². The number of aryl methyl sites for hydroxylation is 1. The number of hydrogen-bond donors (Lipinski definition) is 5. The van der Waals surface area contributed by atoms with E-state index in [9.17, 15) is 15.3 Å². The molecule has 7 heteroatoms. The summed E-state index contributed by atoms with van der Waals surface area (Å²) in [6.07, 6.45) is -6.45. The minimum Gasteiger partial charge on any atom is -0.460 e. The SMILES string of the molecule is CNc1cc(C)ccc1OC1OC(CO)C(O)C(O)C1O. The summed E-state index contributed by atoms with van der Waals surface area (Å²) in [6.45, 7) is 1.44. The maximum atomic E-state index is 9.94. The van der Waals surface area contributed by atoms with Crippen LogP contribution < -0.4 is 10.1 Å². The molecule has 0 amide bonds. The van der Waals surface area contributed by atoms with Crippen LogP contribution in [0.3, 0.4) is 0 Å². The predicted molar refractivity (Wildman–Crippen MR) is 75.1 cm³/mol. The lowest BCUT2D eigenvalue weighted by Gasteiger charge is -2.39. The van der Waals surface area contributed by atoms with E-state index in [4.69, 9.17) is 14.6 Å². The number of hydrogen-bond acceptors (Lipinski definition) is 7. The maximum Gasteiger partial charge on any atom is 0.229 e. The fourth-order valence-electron chi connectivity index (χ4n) is 2.23. The molecule has 5 N–H and O–H groups in total. The molecule has 1 aliphatic rings. The number of aliphatic hydroxyl groups excluding tert-OH is 4. The number of ether oxygens (including phenoxy) is 2.